The second-order valence-corrected chi connectivity index (χ2v) is 5.21. The van der Waals surface area contributed by atoms with E-state index < -0.39 is 0 Å². The molecule has 1 aromatic heterocycles. The number of aromatic amines is 1. The zero-order chi connectivity index (χ0) is 11.7. The van der Waals surface area contributed by atoms with Crippen LogP contribution in [0.1, 0.15) is 24.0 Å². The van der Waals surface area contributed by atoms with Crippen LogP contribution in [0.5, 0.6) is 0 Å². The van der Waals surface area contributed by atoms with Crippen molar-refractivity contribution in [3.05, 3.63) is 35.5 Å². The zero-order valence-corrected chi connectivity index (χ0v) is 10.4. The molecule has 1 heterocycles. The number of rotatable bonds is 5. The highest BCUT2D eigenvalue weighted by Gasteiger charge is 2.20. The molecule has 17 heavy (non-hydrogen) atoms. The summed E-state index contributed by atoms with van der Waals surface area (Å²) in [6.45, 7) is 4.50. The van der Waals surface area contributed by atoms with Crippen molar-refractivity contribution in [2.45, 2.75) is 26.2 Å². The zero-order valence-electron chi connectivity index (χ0n) is 10.4. The second-order valence-electron chi connectivity index (χ2n) is 5.21. The van der Waals surface area contributed by atoms with E-state index in [1.165, 1.54) is 41.4 Å². The summed E-state index contributed by atoms with van der Waals surface area (Å²) in [7, 11) is 0. The number of aryl methyl sites for hydroxylation is 1. The standard InChI is InChI=1S/C15H20N2/c1-11-3-2-4-14-15(11)13(10-17-14)7-8-16-9-12-5-6-12/h2-4,10,12,16-17H,5-9H2,1H3. The summed E-state index contributed by atoms with van der Waals surface area (Å²) in [6, 6.07) is 6.46. The van der Waals surface area contributed by atoms with E-state index in [4.69, 9.17) is 0 Å². The molecule has 1 aromatic carbocycles. The van der Waals surface area contributed by atoms with Crippen molar-refractivity contribution in [1.29, 1.82) is 0 Å². The third-order valence-electron chi connectivity index (χ3n) is 3.70. The molecule has 2 nitrogen and oxygen atoms in total. The lowest BCUT2D eigenvalue weighted by molar-refractivity contribution is 0.638. The van der Waals surface area contributed by atoms with Crippen molar-refractivity contribution in [1.82, 2.24) is 10.3 Å². The number of hydrogen-bond donors (Lipinski definition) is 2. The molecule has 0 amide bonds. The van der Waals surface area contributed by atoms with Crippen molar-refractivity contribution >= 4 is 10.9 Å². The number of H-pyrrole nitrogens is 1. The highest BCUT2D eigenvalue weighted by atomic mass is 14.9. The first-order valence-electron chi connectivity index (χ1n) is 6.61. The van der Waals surface area contributed by atoms with Gasteiger partial charge in [0.1, 0.15) is 0 Å². The van der Waals surface area contributed by atoms with E-state index in [2.05, 4.69) is 41.6 Å². The molecule has 2 heteroatoms. The Balaban J connectivity index is 1.67. The molecular weight excluding hydrogens is 208 g/mol. The van der Waals surface area contributed by atoms with Gasteiger partial charge in [-0.05, 0) is 62.4 Å². The van der Waals surface area contributed by atoms with Crippen LogP contribution in [0.4, 0.5) is 0 Å². The van der Waals surface area contributed by atoms with E-state index in [0.29, 0.717) is 0 Å². The smallest absolute Gasteiger partial charge is 0.0459 e. The van der Waals surface area contributed by atoms with Gasteiger partial charge in [0, 0.05) is 17.1 Å². The van der Waals surface area contributed by atoms with Crippen molar-refractivity contribution in [3.63, 3.8) is 0 Å². The van der Waals surface area contributed by atoms with Crippen LogP contribution in [-0.2, 0) is 6.42 Å². The van der Waals surface area contributed by atoms with Gasteiger partial charge < -0.3 is 10.3 Å². The Hall–Kier alpha value is -1.28. The molecule has 0 saturated heterocycles. The summed E-state index contributed by atoms with van der Waals surface area (Å²) in [6.07, 6.45) is 6.15. The molecule has 0 aliphatic heterocycles. The van der Waals surface area contributed by atoms with Gasteiger partial charge in [0.15, 0.2) is 0 Å². The van der Waals surface area contributed by atoms with Crippen LogP contribution in [0.25, 0.3) is 10.9 Å². The SMILES string of the molecule is Cc1cccc2[nH]cc(CCNCC3CC3)c12. The lowest BCUT2D eigenvalue weighted by Crippen LogP contribution is -2.19. The average molecular weight is 228 g/mol. The lowest BCUT2D eigenvalue weighted by Gasteiger charge is -2.04. The van der Waals surface area contributed by atoms with Crippen molar-refractivity contribution in [3.8, 4) is 0 Å². The molecule has 1 aliphatic carbocycles. The summed E-state index contributed by atoms with van der Waals surface area (Å²) in [5, 5.41) is 4.97. The summed E-state index contributed by atoms with van der Waals surface area (Å²) in [4.78, 5) is 3.36. The van der Waals surface area contributed by atoms with Crippen molar-refractivity contribution in [2.75, 3.05) is 13.1 Å². The monoisotopic (exact) mass is 228 g/mol. The van der Waals surface area contributed by atoms with E-state index in [-0.39, 0.29) is 0 Å². The topological polar surface area (TPSA) is 27.8 Å². The Kier molecular flexibility index (Phi) is 2.89. The van der Waals surface area contributed by atoms with Crippen LogP contribution in [0.2, 0.25) is 0 Å². The van der Waals surface area contributed by atoms with Gasteiger partial charge in [-0.2, -0.15) is 0 Å². The summed E-state index contributed by atoms with van der Waals surface area (Å²) < 4.78 is 0. The molecule has 1 saturated carbocycles. The Morgan fingerprint density at radius 1 is 1.35 bits per heavy atom. The van der Waals surface area contributed by atoms with E-state index in [1.807, 2.05) is 0 Å². The molecule has 0 spiro atoms. The lowest BCUT2D eigenvalue weighted by atomic mass is 10.1. The van der Waals surface area contributed by atoms with Crippen LogP contribution in [-0.4, -0.2) is 18.1 Å². The fourth-order valence-corrected chi connectivity index (χ4v) is 2.50. The highest BCUT2D eigenvalue weighted by molar-refractivity contribution is 5.86. The second kappa shape index (κ2) is 4.53. The van der Waals surface area contributed by atoms with Crippen LogP contribution >= 0.6 is 0 Å². The van der Waals surface area contributed by atoms with Gasteiger partial charge in [-0.15, -0.1) is 0 Å². The van der Waals surface area contributed by atoms with Gasteiger partial charge in [-0.3, -0.25) is 0 Å². The van der Waals surface area contributed by atoms with Crippen molar-refractivity contribution in [2.24, 2.45) is 5.92 Å². The molecule has 0 unspecified atom stereocenters. The first-order valence-corrected chi connectivity index (χ1v) is 6.61. The molecular formula is C15H20N2. The molecule has 90 valence electrons. The summed E-state index contributed by atoms with van der Waals surface area (Å²) in [5.41, 5.74) is 4.09. The molecule has 3 rings (SSSR count). The van der Waals surface area contributed by atoms with E-state index in [9.17, 15) is 0 Å². The predicted octanol–water partition coefficient (Wildman–Crippen LogP) is 3.02. The largest absolute Gasteiger partial charge is 0.361 e. The molecule has 0 bridgehead atoms. The molecule has 1 aliphatic rings. The van der Waals surface area contributed by atoms with Gasteiger partial charge >= 0.3 is 0 Å². The molecule has 2 aromatic rings. The molecule has 2 N–H and O–H groups in total. The number of nitrogens with one attached hydrogen (secondary N) is 2. The normalized spacial score (nSPS) is 15.6. The number of benzene rings is 1. The molecule has 0 atom stereocenters. The summed E-state index contributed by atoms with van der Waals surface area (Å²) in [5.74, 6) is 0.972. The Bertz CT molecular complexity index is 509. The highest BCUT2D eigenvalue weighted by Crippen LogP contribution is 2.27. The quantitative estimate of drug-likeness (QED) is 0.756. The maximum atomic E-state index is 3.56. The van der Waals surface area contributed by atoms with Gasteiger partial charge in [-0.25, -0.2) is 0 Å². The minimum atomic E-state index is 0.972. The first kappa shape index (κ1) is 10.8. The minimum Gasteiger partial charge on any atom is -0.361 e. The van der Waals surface area contributed by atoms with Gasteiger partial charge in [0.25, 0.3) is 0 Å². The fraction of sp³-hybridized carbons (Fsp3) is 0.467. The molecule has 0 radical (unpaired) electrons. The van der Waals surface area contributed by atoms with E-state index >= 15 is 0 Å². The van der Waals surface area contributed by atoms with Gasteiger partial charge in [0.2, 0.25) is 0 Å². The number of hydrogen-bond acceptors (Lipinski definition) is 1. The third kappa shape index (κ3) is 2.37. The van der Waals surface area contributed by atoms with E-state index in [1.54, 1.807) is 0 Å². The van der Waals surface area contributed by atoms with Crippen LogP contribution in [0.3, 0.4) is 0 Å². The van der Waals surface area contributed by atoms with E-state index in [0.717, 1.165) is 18.9 Å². The van der Waals surface area contributed by atoms with Gasteiger partial charge in [0.05, 0.1) is 0 Å². The fourth-order valence-electron chi connectivity index (χ4n) is 2.50. The number of aromatic nitrogens is 1. The predicted molar refractivity (Wildman–Crippen MR) is 72.3 cm³/mol. The Morgan fingerprint density at radius 3 is 3.06 bits per heavy atom. The minimum absolute atomic E-state index is 0.972. The van der Waals surface area contributed by atoms with Crippen LogP contribution < -0.4 is 5.32 Å². The third-order valence-corrected chi connectivity index (χ3v) is 3.70. The first-order chi connectivity index (χ1) is 8.34. The molecule has 1 fully saturated rings. The maximum absolute atomic E-state index is 3.56. The van der Waals surface area contributed by atoms with Crippen LogP contribution in [0, 0.1) is 12.8 Å². The van der Waals surface area contributed by atoms with Crippen LogP contribution in [0.15, 0.2) is 24.4 Å². The van der Waals surface area contributed by atoms with Gasteiger partial charge in [-0.1, -0.05) is 12.1 Å². The van der Waals surface area contributed by atoms with Crippen molar-refractivity contribution < 1.29 is 0 Å². The number of fused-ring (bicyclic) bond motifs is 1. The summed E-state index contributed by atoms with van der Waals surface area (Å²) >= 11 is 0. The Labute approximate surface area is 102 Å². The Morgan fingerprint density at radius 2 is 2.24 bits per heavy atom. The maximum Gasteiger partial charge on any atom is 0.0459 e. The average Bonchev–Trinajstić information content (AvgIpc) is 3.05.